The van der Waals surface area contributed by atoms with Gasteiger partial charge in [-0.15, -0.1) is 0 Å². The molecule has 1 aromatic rings. The second-order valence-electron chi connectivity index (χ2n) is 5.05. The van der Waals surface area contributed by atoms with E-state index in [-0.39, 0.29) is 17.3 Å². The maximum Gasteiger partial charge on any atom is 0.148 e. The second-order valence-corrected chi connectivity index (χ2v) is 5.05. The lowest BCUT2D eigenvalue weighted by Crippen LogP contribution is -2.32. The average Bonchev–Trinajstić information content (AvgIpc) is 2.62. The first-order chi connectivity index (χ1) is 11.7. The molecule has 0 fully saturated rings. The van der Waals surface area contributed by atoms with Crippen LogP contribution in [0.25, 0.3) is 5.57 Å². The van der Waals surface area contributed by atoms with E-state index in [9.17, 15) is 0 Å². The minimum Gasteiger partial charge on any atom is -0.382 e. The van der Waals surface area contributed by atoms with Crippen molar-refractivity contribution in [1.29, 1.82) is 15.8 Å². The SMILES string of the molecule is COCC(CNCCc1ccc(C(C#N)=C(C#N)C#N)cc1)OC. The van der Waals surface area contributed by atoms with E-state index in [1.54, 1.807) is 38.5 Å². The molecule has 1 unspecified atom stereocenters. The zero-order valence-corrected chi connectivity index (χ0v) is 13.9. The number of rotatable bonds is 9. The number of nitrogens with zero attached hydrogens (tertiary/aromatic N) is 3. The van der Waals surface area contributed by atoms with Crippen LogP contribution in [0.2, 0.25) is 0 Å². The summed E-state index contributed by atoms with van der Waals surface area (Å²) < 4.78 is 10.3. The molecule has 6 nitrogen and oxygen atoms in total. The largest absolute Gasteiger partial charge is 0.382 e. The van der Waals surface area contributed by atoms with Crippen LogP contribution in [-0.4, -0.2) is 40.0 Å². The number of allylic oxidation sites excluding steroid dienone is 2. The molecule has 0 aliphatic heterocycles. The summed E-state index contributed by atoms with van der Waals surface area (Å²) in [6.07, 6.45) is 0.842. The van der Waals surface area contributed by atoms with Gasteiger partial charge in [-0.2, -0.15) is 15.8 Å². The number of hydrogen-bond donors (Lipinski definition) is 1. The standard InChI is InChI=1S/C18H20N4O2/c1-23-13-17(24-2)12-22-8-7-14-3-5-15(6-4-14)18(11-21)16(9-19)10-20/h3-6,17,22H,7-8,12-13H2,1-2H3. The van der Waals surface area contributed by atoms with Gasteiger partial charge in [0.05, 0.1) is 18.3 Å². The highest BCUT2D eigenvalue weighted by Crippen LogP contribution is 2.18. The maximum atomic E-state index is 9.13. The molecule has 1 aromatic carbocycles. The van der Waals surface area contributed by atoms with Crippen molar-refractivity contribution in [1.82, 2.24) is 5.32 Å². The number of ether oxygens (including phenoxy) is 2. The summed E-state index contributed by atoms with van der Waals surface area (Å²) in [5, 5.41) is 30.2. The molecule has 124 valence electrons. The molecule has 0 bridgehead atoms. The summed E-state index contributed by atoms with van der Waals surface area (Å²) in [5.41, 5.74) is 1.61. The van der Waals surface area contributed by atoms with E-state index in [0.717, 1.165) is 18.5 Å². The number of hydrogen-bond acceptors (Lipinski definition) is 6. The first kappa shape index (κ1) is 19.4. The van der Waals surface area contributed by atoms with Gasteiger partial charge in [0.15, 0.2) is 0 Å². The van der Waals surface area contributed by atoms with Crippen LogP contribution in [0.15, 0.2) is 29.8 Å². The van der Waals surface area contributed by atoms with Gasteiger partial charge in [-0.05, 0) is 24.1 Å². The van der Waals surface area contributed by atoms with Gasteiger partial charge in [0, 0.05) is 20.8 Å². The van der Waals surface area contributed by atoms with Crippen LogP contribution in [0.5, 0.6) is 0 Å². The van der Waals surface area contributed by atoms with Gasteiger partial charge in [0.25, 0.3) is 0 Å². The van der Waals surface area contributed by atoms with Crippen LogP contribution >= 0.6 is 0 Å². The Labute approximate surface area is 142 Å². The smallest absolute Gasteiger partial charge is 0.148 e. The summed E-state index contributed by atoms with van der Waals surface area (Å²) in [6.45, 7) is 2.03. The number of nitriles is 3. The number of methoxy groups -OCH3 is 2. The fourth-order valence-electron chi connectivity index (χ4n) is 2.13. The molecule has 24 heavy (non-hydrogen) atoms. The molecule has 0 amide bonds. The van der Waals surface area contributed by atoms with Crippen LogP contribution < -0.4 is 5.32 Å². The van der Waals surface area contributed by atoms with Crippen LogP contribution in [0, 0.1) is 34.0 Å². The highest BCUT2D eigenvalue weighted by atomic mass is 16.5. The van der Waals surface area contributed by atoms with Crippen LogP contribution in [0.1, 0.15) is 11.1 Å². The van der Waals surface area contributed by atoms with Crippen molar-refractivity contribution in [3.05, 3.63) is 41.0 Å². The summed E-state index contributed by atoms with van der Waals surface area (Å²) in [5.74, 6) is 0. The van der Waals surface area contributed by atoms with Crippen molar-refractivity contribution < 1.29 is 9.47 Å². The second kappa shape index (κ2) is 10.9. The summed E-state index contributed by atoms with van der Waals surface area (Å²) in [7, 11) is 3.29. The van der Waals surface area contributed by atoms with Gasteiger partial charge in [0.2, 0.25) is 0 Å². The Balaban J connectivity index is 2.61. The van der Waals surface area contributed by atoms with E-state index in [1.165, 1.54) is 0 Å². The molecule has 1 rings (SSSR count). The summed E-state index contributed by atoms with van der Waals surface area (Å²) in [4.78, 5) is 0. The average molecular weight is 324 g/mol. The predicted octanol–water partition coefficient (Wildman–Crippen LogP) is 1.80. The summed E-state index contributed by atoms with van der Waals surface area (Å²) in [6, 6.07) is 12.7. The van der Waals surface area contributed by atoms with Crippen molar-refractivity contribution >= 4 is 5.57 Å². The normalized spacial score (nSPS) is 11.0. The molecule has 1 atom stereocenters. The topological polar surface area (TPSA) is 102 Å². The fourth-order valence-corrected chi connectivity index (χ4v) is 2.13. The molecule has 0 aromatic heterocycles. The van der Waals surface area contributed by atoms with Gasteiger partial charge < -0.3 is 14.8 Å². The third kappa shape index (κ3) is 5.83. The molecule has 1 N–H and O–H groups in total. The third-order valence-electron chi connectivity index (χ3n) is 3.48. The van der Waals surface area contributed by atoms with E-state index in [0.29, 0.717) is 18.7 Å². The van der Waals surface area contributed by atoms with E-state index < -0.39 is 0 Å². The molecule has 0 radical (unpaired) electrons. The summed E-state index contributed by atoms with van der Waals surface area (Å²) >= 11 is 0. The molecule has 0 heterocycles. The Hall–Kier alpha value is -2.69. The minimum absolute atomic E-state index is 0.0242. The van der Waals surface area contributed by atoms with E-state index in [1.807, 2.05) is 18.2 Å². The lowest BCUT2D eigenvalue weighted by Gasteiger charge is -2.15. The molecule has 0 saturated heterocycles. The zero-order chi connectivity index (χ0) is 17.8. The molecule has 6 heteroatoms. The van der Waals surface area contributed by atoms with Gasteiger partial charge in [0.1, 0.15) is 23.8 Å². The Kier molecular flexibility index (Phi) is 8.82. The minimum atomic E-state index is -0.171. The highest BCUT2D eigenvalue weighted by Gasteiger charge is 2.09. The molecule has 0 saturated carbocycles. The van der Waals surface area contributed by atoms with Crippen molar-refractivity contribution in [3.63, 3.8) is 0 Å². The van der Waals surface area contributed by atoms with Crippen molar-refractivity contribution in [2.45, 2.75) is 12.5 Å². The number of benzene rings is 1. The van der Waals surface area contributed by atoms with E-state index in [4.69, 9.17) is 25.3 Å². The number of nitrogens with one attached hydrogen (secondary N) is 1. The first-order valence-corrected chi connectivity index (χ1v) is 7.46. The zero-order valence-electron chi connectivity index (χ0n) is 13.9. The lowest BCUT2D eigenvalue weighted by molar-refractivity contribution is 0.0291. The quantitative estimate of drug-likeness (QED) is 0.549. The van der Waals surface area contributed by atoms with E-state index >= 15 is 0 Å². The Morgan fingerprint density at radius 1 is 1.08 bits per heavy atom. The van der Waals surface area contributed by atoms with E-state index in [2.05, 4.69) is 5.32 Å². The monoisotopic (exact) mass is 324 g/mol. The molecule has 0 aliphatic carbocycles. The Bertz CT molecular complexity index is 659. The maximum absolute atomic E-state index is 9.13. The van der Waals surface area contributed by atoms with Gasteiger partial charge >= 0.3 is 0 Å². The molecule has 0 spiro atoms. The lowest BCUT2D eigenvalue weighted by atomic mass is 10.00. The van der Waals surface area contributed by atoms with Crippen LogP contribution in [-0.2, 0) is 15.9 Å². The third-order valence-corrected chi connectivity index (χ3v) is 3.48. The molecule has 0 aliphatic rings. The Morgan fingerprint density at radius 3 is 2.25 bits per heavy atom. The van der Waals surface area contributed by atoms with Crippen LogP contribution in [0.3, 0.4) is 0 Å². The fraction of sp³-hybridized carbons (Fsp3) is 0.389. The van der Waals surface area contributed by atoms with Gasteiger partial charge in [-0.3, -0.25) is 0 Å². The first-order valence-electron chi connectivity index (χ1n) is 7.46. The van der Waals surface area contributed by atoms with Crippen molar-refractivity contribution in [2.75, 3.05) is 33.9 Å². The van der Waals surface area contributed by atoms with Crippen molar-refractivity contribution in [2.24, 2.45) is 0 Å². The van der Waals surface area contributed by atoms with Crippen molar-refractivity contribution in [3.8, 4) is 18.2 Å². The highest BCUT2D eigenvalue weighted by molar-refractivity contribution is 5.84. The Morgan fingerprint density at radius 2 is 1.75 bits per heavy atom. The van der Waals surface area contributed by atoms with Gasteiger partial charge in [-0.25, -0.2) is 0 Å². The van der Waals surface area contributed by atoms with Gasteiger partial charge in [-0.1, -0.05) is 24.3 Å². The molecular formula is C18H20N4O2. The molecular weight excluding hydrogens is 304 g/mol. The predicted molar refractivity (Wildman–Crippen MR) is 89.4 cm³/mol. The van der Waals surface area contributed by atoms with Crippen LogP contribution in [0.4, 0.5) is 0 Å².